The molecule has 1 N–H and O–H groups in total. The molecule has 2 aromatic rings. The number of ether oxygens (including phenoxy) is 1. The number of benzene rings is 1. The van der Waals surface area contributed by atoms with Gasteiger partial charge in [-0.1, -0.05) is 18.2 Å². The summed E-state index contributed by atoms with van der Waals surface area (Å²) < 4.78 is 5.95. The number of nitrogens with zero attached hydrogens (tertiary/aromatic N) is 4. The van der Waals surface area contributed by atoms with Crippen LogP contribution in [0.4, 0.5) is 17.2 Å². The predicted molar refractivity (Wildman–Crippen MR) is 126 cm³/mol. The molecular formula is C24H31N5O4. The van der Waals surface area contributed by atoms with Crippen molar-refractivity contribution >= 4 is 23.1 Å². The molecule has 1 aliphatic carbocycles. The van der Waals surface area contributed by atoms with Crippen molar-refractivity contribution in [3.63, 3.8) is 0 Å². The lowest BCUT2D eigenvalue weighted by atomic mass is 9.93. The van der Waals surface area contributed by atoms with Crippen LogP contribution in [-0.4, -0.2) is 65.6 Å². The Hall–Kier alpha value is -3.20. The van der Waals surface area contributed by atoms with Crippen LogP contribution in [0.5, 0.6) is 0 Å². The SMILES string of the molecule is Cc1nc(NC2CCC(OCC(=O)N3CCN(c4ccccc4)CC3)CC2)ccc1[N+](=O)[O-]. The van der Waals surface area contributed by atoms with E-state index < -0.39 is 4.92 Å². The third-order valence-corrected chi connectivity index (χ3v) is 6.48. The number of hydrogen-bond donors (Lipinski definition) is 1. The minimum Gasteiger partial charge on any atom is -0.368 e. The number of pyridine rings is 1. The third-order valence-electron chi connectivity index (χ3n) is 6.48. The minimum absolute atomic E-state index is 0.0313. The Bertz CT molecular complexity index is 955. The molecule has 1 amide bonds. The fourth-order valence-corrected chi connectivity index (χ4v) is 4.54. The molecule has 4 rings (SSSR count). The number of amides is 1. The van der Waals surface area contributed by atoms with E-state index in [1.165, 1.54) is 11.8 Å². The molecule has 9 nitrogen and oxygen atoms in total. The number of aromatic nitrogens is 1. The van der Waals surface area contributed by atoms with Gasteiger partial charge in [0.05, 0.1) is 11.0 Å². The summed E-state index contributed by atoms with van der Waals surface area (Å²) in [7, 11) is 0. The van der Waals surface area contributed by atoms with E-state index in [4.69, 9.17) is 4.74 Å². The number of anilines is 2. The van der Waals surface area contributed by atoms with Crippen molar-refractivity contribution in [1.29, 1.82) is 0 Å². The number of nitro groups is 1. The van der Waals surface area contributed by atoms with Gasteiger partial charge in [-0.3, -0.25) is 14.9 Å². The molecule has 1 aliphatic heterocycles. The summed E-state index contributed by atoms with van der Waals surface area (Å²) >= 11 is 0. The first-order valence-electron chi connectivity index (χ1n) is 11.6. The van der Waals surface area contributed by atoms with Gasteiger partial charge in [0.25, 0.3) is 5.69 Å². The average molecular weight is 454 g/mol. The van der Waals surface area contributed by atoms with Gasteiger partial charge in [0.15, 0.2) is 0 Å². The van der Waals surface area contributed by atoms with Crippen LogP contribution in [0.15, 0.2) is 42.5 Å². The quantitative estimate of drug-likeness (QED) is 0.507. The van der Waals surface area contributed by atoms with Crippen molar-refractivity contribution in [1.82, 2.24) is 9.88 Å². The van der Waals surface area contributed by atoms with E-state index in [0.717, 1.165) is 51.9 Å². The summed E-state index contributed by atoms with van der Waals surface area (Å²) in [6, 6.07) is 13.7. The summed E-state index contributed by atoms with van der Waals surface area (Å²) in [4.78, 5) is 31.6. The number of hydrogen-bond acceptors (Lipinski definition) is 7. The van der Waals surface area contributed by atoms with E-state index in [2.05, 4.69) is 27.3 Å². The van der Waals surface area contributed by atoms with Gasteiger partial charge < -0.3 is 19.9 Å². The highest BCUT2D eigenvalue weighted by Crippen LogP contribution is 2.25. The van der Waals surface area contributed by atoms with Crippen LogP contribution in [-0.2, 0) is 9.53 Å². The topological polar surface area (TPSA) is 101 Å². The Morgan fingerprint density at radius 2 is 1.79 bits per heavy atom. The monoisotopic (exact) mass is 453 g/mol. The highest BCUT2D eigenvalue weighted by molar-refractivity contribution is 5.77. The van der Waals surface area contributed by atoms with Gasteiger partial charge in [0.2, 0.25) is 5.91 Å². The average Bonchev–Trinajstić information content (AvgIpc) is 2.84. The van der Waals surface area contributed by atoms with E-state index in [1.807, 2.05) is 23.1 Å². The second kappa shape index (κ2) is 10.6. The maximum Gasteiger partial charge on any atom is 0.290 e. The van der Waals surface area contributed by atoms with Gasteiger partial charge in [-0.05, 0) is 50.8 Å². The predicted octanol–water partition coefficient (Wildman–Crippen LogP) is 3.39. The molecule has 1 aromatic carbocycles. The molecule has 0 spiro atoms. The molecule has 176 valence electrons. The van der Waals surface area contributed by atoms with Gasteiger partial charge in [0.1, 0.15) is 18.1 Å². The molecule has 9 heteroatoms. The second-order valence-electron chi connectivity index (χ2n) is 8.69. The maximum atomic E-state index is 12.6. The van der Waals surface area contributed by atoms with Crippen molar-refractivity contribution in [2.45, 2.75) is 44.8 Å². The molecule has 1 aromatic heterocycles. The lowest BCUT2D eigenvalue weighted by molar-refractivity contribution is -0.385. The number of nitrogens with one attached hydrogen (secondary N) is 1. The Morgan fingerprint density at radius 1 is 1.09 bits per heavy atom. The van der Waals surface area contributed by atoms with Crippen LogP contribution >= 0.6 is 0 Å². The molecule has 0 atom stereocenters. The number of para-hydroxylation sites is 1. The summed E-state index contributed by atoms with van der Waals surface area (Å²) in [5.41, 5.74) is 1.64. The van der Waals surface area contributed by atoms with Gasteiger partial charge in [-0.25, -0.2) is 4.98 Å². The van der Waals surface area contributed by atoms with Crippen LogP contribution in [0.1, 0.15) is 31.4 Å². The normalized spacial score (nSPS) is 21.0. The highest BCUT2D eigenvalue weighted by atomic mass is 16.6. The Balaban J connectivity index is 1.16. The van der Waals surface area contributed by atoms with Crippen LogP contribution < -0.4 is 10.2 Å². The van der Waals surface area contributed by atoms with Crippen LogP contribution in [0.3, 0.4) is 0 Å². The van der Waals surface area contributed by atoms with Gasteiger partial charge in [-0.15, -0.1) is 0 Å². The highest BCUT2D eigenvalue weighted by Gasteiger charge is 2.25. The van der Waals surface area contributed by atoms with Crippen LogP contribution in [0.25, 0.3) is 0 Å². The van der Waals surface area contributed by atoms with Crippen molar-refractivity contribution in [3.8, 4) is 0 Å². The summed E-state index contributed by atoms with van der Waals surface area (Å²) in [5, 5.41) is 14.3. The van der Waals surface area contributed by atoms with E-state index in [9.17, 15) is 14.9 Å². The molecule has 1 saturated heterocycles. The van der Waals surface area contributed by atoms with Crippen molar-refractivity contribution in [3.05, 3.63) is 58.3 Å². The van der Waals surface area contributed by atoms with E-state index in [0.29, 0.717) is 11.5 Å². The Morgan fingerprint density at radius 3 is 2.42 bits per heavy atom. The number of carbonyl (C=O) groups is 1. The van der Waals surface area contributed by atoms with Crippen LogP contribution in [0, 0.1) is 17.0 Å². The third kappa shape index (κ3) is 5.98. The maximum absolute atomic E-state index is 12.6. The molecule has 33 heavy (non-hydrogen) atoms. The summed E-state index contributed by atoms with van der Waals surface area (Å²) in [6.07, 6.45) is 3.65. The largest absolute Gasteiger partial charge is 0.368 e. The minimum atomic E-state index is -0.418. The first-order valence-corrected chi connectivity index (χ1v) is 11.6. The fourth-order valence-electron chi connectivity index (χ4n) is 4.54. The second-order valence-corrected chi connectivity index (χ2v) is 8.69. The zero-order valence-electron chi connectivity index (χ0n) is 19.0. The van der Waals surface area contributed by atoms with E-state index >= 15 is 0 Å². The molecule has 2 heterocycles. The van der Waals surface area contributed by atoms with E-state index in [1.54, 1.807) is 13.0 Å². The molecule has 2 fully saturated rings. The molecule has 0 radical (unpaired) electrons. The van der Waals surface area contributed by atoms with Gasteiger partial charge >= 0.3 is 0 Å². The number of carbonyl (C=O) groups excluding carboxylic acids is 1. The molecule has 0 unspecified atom stereocenters. The van der Waals surface area contributed by atoms with Gasteiger partial charge in [0, 0.05) is 44.0 Å². The zero-order chi connectivity index (χ0) is 23.2. The number of aryl methyl sites for hydroxylation is 1. The Kier molecular flexibility index (Phi) is 7.39. The Labute approximate surface area is 193 Å². The van der Waals surface area contributed by atoms with E-state index in [-0.39, 0.29) is 30.3 Å². The van der Waals surface area contributed by atoms with Crippen LogP contribution in [0.2, 0.25) is 0 Å². The smallest absolute Gasteiger partial charge is 0.290 e. The molecular weight excluding hydrogens is 422 g/mol. The van der Waals surface area contributed by atoms with Crippen molar-refractivity contribution in [2.75, 3.05) is 43.0 Å². The number of piperazine rings is 1. The summed E-state index contributed by atoms with van der Waals surface area (Å²) in [6.45, 7) is 4.89. The van der Waals surface area contributed by atoms with Crippen molar-refractivity contribution in [2.24, 2.45) is 0 Å². The van der Waals surface area contributed by atoms with Gasteiger partial charge in [-0.2, -0.15) is 0 Å². The summed E-state index contributed by atoms with van der Waals surface area (Å²) in [5.74, 6) is 0.723. The molecule has 2 aliphatic rings. The lowest BCUT2D eigenvalue weighted by Crippen LogP contribution is -2.50. The number of rotatable bonds is 7. The molecule has 0 bridgehead atoms. The standard InChI is InChI=1S/C24H31N5O4/c1-18-22(29(31)32)11-12-23(25-18)26-19-7-9-21(10-8-19)33-17-24(30)28-15-13-27(14-16-28)20-5-3-2-4-6-20/h2-6,11-12,19,21H,7-10,13-17H2,1H3,(H,25,26). The zero-order valence-corrected chi connectivity index (χ0v) is 19.0. The van der Waals surface area contributed by atoms with Crippen molar-refractivity contribution < 1.29 is 14.5 Å². The first kappa shape index (κ1) is 23.0. The molecule has 1 saturated carbocycles. The fraction of sp³-hybridized carbons (Fsp3) is 0.500. The lowest BCUT2D eigenvalue weighted by Gasteiger charge is -2.36. The first-order chi connectivity index (χ1) is 16.0.